The fourth-order valence-corrected chi connectivity index (χ4v) is 4.58. The number of benzene rings is 2. The third kappa shape index (κ3) is 10.1. The summed E-state index contributed by atoms with van der Waals surface area (Å²) in [6.45, 7) is 2.45. The number of carbonyl (C=O) groups excluding carboxylic acids is 5. The van der Waals surface area contributed by atoms with Crippen LogP contribution >= 0.6 is 0 Å². The summed E-state index contributed by atoms with van der Waals surface area (Å²) in [5, 5.41) is 23.8. The number of hydrogen-bond acceptors (Lipinski definition) is 15. The summed E-state index contributed by atoms with van der Waals surface area (Å²) in [4.78, 5) is 83.7. The van der Waals surface area contributed by atoms with Crippen molar-refractivity contribution in [2.75, 3.05) is 7.11 Å². The standard InChI is InChI=1S/C30H32N2O16/c1-15(33)44-23-24(45-16(2)34)26(46-17(3)35)29(48-25(23)28(38)42-4)47-22-11-10-19(13-21(22)32(40)41)14-43-30(39)31-20(27(36)37)12-18-8-6-5-7-9-18/h5-11,13,20,23-26,29H,12,14H2,1-4H3,(H,31,39)(H,36,37)/t20-,23-,24-,25-,26+,29+/m0/s1. The van der Waals surface area contributed by atoms with E-state index in [-0.39, 0.29) is 12.0 Å². The summed E-state index contributed by atoms with van der Waals surface area (Å²) in [5.41, 5.74) is 0.0311. The van der Waals surface area contributed by atoms with Crippen molar-refractivity contribution >= 4 is 41.6 Å². The number of nitro groups is 1. The molecule has 1 saturated heterocycles. The molecule has 1 aliphatic heterocycles. The van der Waals surface area contributed by atoms with E-state index >= 15 is 0 Å². The van der Waals surface area contributed by atoms with Gasteiger partial charge in [0, 0.05) is 33.3 Å². The maximum absolute atomic E-state index is 12.6. The number of carbonyl (C=O) groups is 6. The molecule has 1 amide bonds. The highest BCUT2D eigenvalue weighted by Crippen LogP contribution is 2.35. The Morgan fingerprint density at radius 1 is 0.896 bits per heavy atom. The summed E-state index contributed by atoms with van der Waals surface area (Å²) in [6.07, 6.45) is -9.90. The van der Waals surface area contributed by atoms with E-state index in [1.807, 2.05) is 0 Å². The molecule has 2 N–H and O–H groups in total. The molecular weight excluding hydrogens is 644 g/mol. The van der Waals surface area contributed by atoms with Crippen LogP contribution < -0.4 is 10.1 Å². The van der Waals surface area contributed by atoms with Gasteiger partial charge in [-0.15, -0.1) is 0 Å². The number of methoxy groups -OCH3 is 1. The van der Waals surface area contributed by atoms with Gasteiger partial charge in [-0.3, -0.25) is 24.5 Å². The number of hydrogen-bond donors (Lipinski definition) is 2. The smallest absolute Gasteiger partial charge is 0.408 e. The fourth-order valence-electron chi connectivity index (χ4n) is 4.58. The van der Waals surface area contributed by atoms with Gasteiger partial charge in [0.15, 0.2) is 24.1 Å². The zero-order valence-corrected chi connectivity index (χ0v) is 26.0. The zero-order chi connectivity index (χ0) is 35.5. The minimum Gasteiger partial charge on any atom is -0.480 e. The summed E-state index contributed by atoms with van der Waals surface area (Å²) < 4.78 is 36.8. The van der Waals surface area contributed by atoms with Crippen LogP contribution in [0.15, 0.2) is 48.5 Å². The summed E-state index contributed by atoms with van der Waals surface area (Å²) in [6, 6.07) is 10.5. The molecule has 18 nitrogen and oxygen atoms in total. The molecule has 18 heteroatoms. The Balaban J connectivity index is 1.85. The van der Waals surface area contributed by atoms with Crippen molar-refractivity contribution in [3.05, 3.63) is 69.8 Å². The molecule has 3 rings (SSSR count). The third-order valence-corrected chi connectivity index (χ3v) is 6.54. The lowest BCUT2D eigenvalue weighted by Gasteiger charge is -2.42. The van der Waals surface area contributed by atoms with Crippen molar-refractivity contribution in [1.29, 1.82) is 0 Å². The Kier molecular flexibility index (Phi) is 12.8. The summed E-state index contributed by atoms with van der Waals surface area (Å²) in [7, 11) is 0.988. The molecule has 1 aliphatic rings. The Labute approximate surface area is 272 Å². The molecule has 258 valence electrons. The molecule has 0 saturated carbocycles. The zero-order valence-electron chi connectivity index (χ0n) is 26.0. The molecule has 2 aromatic rings. The van der Waals surface area contributed by atoms with Crippen molar-refractivity contribution in [2.24, 2.45) is 0 Å². The molecule has 0 spiro atoms. The first-order valence-electron chi connectivity index (χ1n) is 14.1. The van der Waals surface area contributed by atoms with Crippen LogP contribution in [0.3, 0.4) is 0 Å². The molecule has 48 heavy (non-hydrogen) atoms. The van der Waals surface area contributed by atoms with Gasteiger partial charge in [0.25, 0.3) is 0 Å². The van der Waals surface area contributed by atoms with E-state index in [9.17, 15) is 44.0 Å². The number of nitro benzene ring substituents is 1. The number of amides is 1. The maximum Gasteiger partial charge on any atom is 0.408 e. The van der Waals surface area contributed by atoms with Crippen LogP contribution in [-0.2, 0) is 65.4 Å². The molecule has 0 aromatic heterocycles. The first kappa shape index (κ1) is 36.7. The molecule has 0 aliphatic carbocycles. The van der Waals surface area contributed by atoms with Crippen molar-refractivity contribution in [2.45, 2.75) is 70.5 Å². The first-order valence-corrected chi connectivity index (χ1v) is 14.1. The number of nitrogens with one attached hydrogen (secondary N) is 1. The molecule has 0 unspecified atom stereocenters. The van der Waals surface area contributed by atoms with E-state index in [2.05, 4.69) is 5.32 Å². The number of carboxylic acid groups (broad SMARTS) is 1. The first-order chi connectivity index (χ1) is 22.7. The average Bonchev–Trinajstić information content (AvgIpc) is 3.02. The normalized spacial score (nSPS) is 20.6. The van der Waals surface area contributed by atoms with Crippen LogP contribution in [0.2, 0.25) is 0 Å². The second kappa shape index (κ2) is 16.7. The predicted molar refractivity (Wildman–Crippen MR) is 156 cm³/mol. The highest BCUT2D eigenvalue weighted by Gasteiger charge is 2.56. The minimum atomic E-state index is -1.86. The second-order valence-electron chi connectivity index (χ2n) is 10.1. The monoisotopic (exact) mass is 676 g/mol. The van der Waals surface area contributed by atoms with Crippen molar-refractivity contribution in [1.82, 2.24) is 5.32 Å². The van der Waals surface area contributed by atoms with Crippen LogP contribution in [-0.4, -0.2) is 89.8 Å². The number of ether oxygens (including phenoxy) is 7. The fraction of sp³-hybridized carbons (Fsp3) is 0.400. The SMILES string of the molecule is COC(=O)[C@H]1O[C@@H](Oc2ccc(COC(=O)N[C@@H](Cc3ccccc3)C(=O)O)cc2[N+](=O)[O-])[C@H](OC(C)=O)[C@@H](OC(C)=O)[C@@H]1OC(C)=O. The van der Waals surface area contributed by atoms with Crippen LogP contribution in [0.5, 0.6) is 5.75 Å². The Bertz CT molecular complexity index is 1530. The number of carboxylic acids is 1. The van der Waals surface area contributed by atoms with Crippen molar-refractivity contribution in [3.8, 4) is 5.75 Å². The van der Waals surface area contributed by atoms with E-state index in [4.69, 9.17) is 33.2 Å². The average molecular weight is 677 g/mol. The molecular formula is C30H32N2O16. The van der Waals surface area contributed by atoms with E-state index in [0.717, 1.165) is 40.0 Å². The summed E-state index contributed by atoms with van der Waals surface area (Å²) in [5.74, 6) is -5.71. The second-order valence-corrected chi connectivity index (χ2v) is 10.1. The lowest BCUT2D eigenvalue weighted by atomic mass is 9.97. The van der Waals surface area contributed by atoms with Crippen molar-refractivity contribution < 1.29 is 72.0 Å². The molecule has 0 radical (unpaired) electrons. The molecule has 1 fully saturated rings. The van der Waals surface area contributed by atoms with Gasteiger partial charge in [-0.25, -0.2) is 14.4 Å². The van der Waals surface area contributed by atoms with Crippen LogP contribution in [0, 0.1) is 10.1 Å². The van der Waals surface area contributed by atoms with Gasteiger partial charge in [0.05, 0.1) is 12.0 Å². The van der Waals surface area contributed by atoms with Gasteiger partial charge in [0.2, 0.25) is 12.4 Å². The number of rotatable bonds is 13. The van der Waals surface area contributed by atoms with Gasteiger partial charge in [-0.2, -0.15) is 0 Å². The Morgan fingerprint density at radius 2 is 1.50 bits per heavy atom. The van der Waals surface area contributed by atoms with Gasteiger partial charge in [-0.1, -0.05) is 36.4 Å². The van der Waals surface area contributed by atoms with Gasteiger partial charge in [-0.05, 0) is 17.2 Å². The predicted octanol–water partition coefficient (Wildman–Crippen LogP) is 1.59. The number of alkyl carbamates (subject to hydrolysis) is 1. The quantitative estimate of drug-likeness (QED) is 0.132. The molecule has 2 aromatic carbocycles. The van der Waals surface area contributed by atoms with Gasteiger partial charge >= 0.3 is 41.6 Å². The lowest BCUT2D eigenvalue weighted by molar-refractivity contribution is -0.387. The maximum atomic E-state index is 12.6. The molecule has 6 atom stereocenters. The number of esters is 4. The van der Waals surface area contributed by atoms with Crippen LogP contribution in [0.25, 0.3) is 0 Å². The molecule has 0 bridgehead atoms. The number of aliphatic carboxylic acids is 1. The lowest BCUT2D eigenvalue weighted by Crippen LogP contribution is -2.64. The third-order valence-electron chi connectivity index (χ3n) is 6.54. The minimum absolute atomic E-state index is 0.0306. The molecule has 1 heterocycles. The van der Waals surface area contributed by atoms with Gasteiger partial charge < -0.3 is 43.6 Å². The van der Waals surface area contributed by atoms with Crippen LogP contribution in [0.1, 0.15) is 31.9 Å². The Morgan fingerprint density at radius 3 is 2.06 bits per heavy atom. The van der Waals surface area contributed by atoms with Crippen LogP contribution in [0.4, 0.5) is 10.5 Å². The van der Waals surface area contributed by atoms with E-state index in [1.165, 1.54) is 6.07 Å². The van der Waals surface area contributed by atoms with E-state index in [0.29, 0.717) is 5.56 Å². The van der Waals surface area contributed by atoms with Crippen molar-refractivity contribution in [3.63, 3.8) is 0 Å². The highest BCUT2D eigenvalue weighted by molar-refractivity contribution is 5.80. The summed E-state index contributed by atoms with van der Waals surface area (Å²) >= 11 is 0. The Hall–Kier alpha value is -5.78. The topological polar surface area (TPSA) is 242 Å². The van der Waals surface area contributed by atoms with E-state index in [1.54, 1.807) is 30.3 Å². The largest absolute Gasteiger partial charge is 0.480 e. The van der Waals surface area contributed by atoms with E-state index < -0.39 is 95.7 Å². The van der Waals surface area contributed by atoms with Gasteiger partial charge in [0.1, 0.15) is 12.6 Å². The number of nitrogens with zero attached hydrogens (tertiary/aromatic N) is 1. The highest BCUT2D eigenvalue weighted by atomic mass is 16.7.